The smallest absolute Gasteiger partial charge is 0.272 e. The van der Waals surface area contributed by atoms with Crippen molar-refractivity contribution in [1.82, 2.24) is 24.6 Å². The molecule has 1 aliphatic rings. The van der Waals surface area contributed by atoms with E-state index in [0.717, 1.165) is 31.0 Å². The van der Waals surface area contributed by atoms with Crippen molar-refractivity contribution in [2.75, 3.05) is 31.1 Å². The van der Waals surface area contributed by atoms with Crippen molar-refractivity contribution in [2.24, 2.45) is 7.05 Å². The first-order chi connectivity index (χ1) is 10.7. The van der Waals surface area contributed by atoms with Crippen LogP contribution in [0, 0.1) is 0 Å². The molecule has 3 rings (SSSR count). The third-order valence-electron chi connectivity index (χ3n) is 3.99. The van der Waals surface area contributed by atoms with Crippen LogP contribution in [0.1, 0.15) is 23.0 Å². The zero-order valence-corrected chi connectivity index (χ0v) is 12.9. The molecule has 0 radical (unpaired) electrons. The van der Waals surface area contributed by atoms with Gasteiger partial charge in [-0.2, -0.15) is 5.10 Å². The molecule has 0 spiro atoms. The number of carbonyl (C=O) groups is 1. The molecule has 0 bridgehead atoms. The molecule has 0 aromatic carbocycles. The van der Waals surface area contributed by atoms with Crippen LogP contribution in [-0.4, -0.2) is 56.7 Å². The molecule has 2 aromatic heterocycles. The van der Waals surface area contributed by atoms with E-state index in [9.17, 15) is 4.79 Å². The minimum atomic E-state index is 0.0295. The zero-order chi connectivity index (χ0) is 15.5. The van der Waals surface area contributed by atoms with Crippen molar-refractivity contribution in [3.05, 3.63) is 35.9 Å². The first-order valence-corrected chi connectivity index (χ1v) is 7.52. The van der Waals surface area contributed by atoms with Gasteiger partial charge in [0, 0.05) is 51.8 Å². The minimum absolute atomic E-state index is 0.0295. The Kier molecular flexibility index (Phi) is 4.04. The first kappa shape index (κ1) is 14.5. The highest BCUT2D eigenvalue weighted by molar-refractivity contribution is 5.92. The average molecular weight is 300 g/mol. The fraction of sp³-hybridized carbons (Fsp3) is 0.467. The topological polar surface area (TPSA) is 67.2 Å². The Morgan fingerprint density at radius 3 is 2.41 bits per heavy atom. The number of piperazine rings is 1. The zero-order valence-electron chi connectivity index (χ0n) is 12.9. The second-order valence-electron chi connectivity index (χ2n) is 5.36. The Bertz CT molecular complexity index is 642. The Morgan fingerprint density at radius 2 is 1.86 bits per heavy atom. The summed E-state index contributed by atoms with van der Waals surface area (Å²) in [6.07, 6.45) is 6.32. The predicted molar refractivity (Wildman–Crippen MR) is 82.7 cm³/mol. The van der Waals surface area contributed by atoms with Crippen molar-refractivity contribution in [2.45, 2.75) is 13.3 Å². The molecule has 0 saturated carbocycles. The first-order valence-electron chi connectivity index (χ1n) is 7.52. The highest BCUT2D eigenvalue weighted by atomic mass is 16.2. The van der Waals surface area contributed by atoms with Gasteiger partial charge in [-0.3, -0.25) is 9.48 Å². The van der Waals surface area contributed by atoms with Gasteiger partial charge in [-0.15, -0.1) is 0 Å². The van der Waals surface area contributed by atoms with Gasteiger partial charge < -0.3 is 9.80 Å². The third kappa shape index (κ3) is 2.79. The van der Waals surface area contributed by atoms with E-state index in [0.29, 0.717) is 18.8 Å². The molecule has 2 aromatic rings. The van der Waals surface area contributed by atoms with Crippen LogP contribution in [0.2, 0.25) is 0 Å². The molecule has 1 fully saturated rings. The number of hydrogen-bond donors (Lipinski definition) is 0. The van der Waals surface area contributed by atoms with Crippen molar-refractivity contribution >= 4 is 11.9 Å². The fourth-order valence-electron chi connectivity index (χ4n) is 2.55. The van der Waals surface area contributed by atoms with Gasteiger partial charge in [-0.05, 0) is 18.1 Å². The number of amides is 1. The summed E-state index contributed by atoms with van der Waals surface area (Å²) in [5.74, 6) is 0.770. The molecular formula is C15H20N6O. The lowest BCUT2D eigenvalue weighted by Crippen LogP contribution is -2.49. The van der Waals surface area contributed by atoms with E-state index in [4.69, 9.17) is 0 Å². The van der Waals surface area contributed by atoms with Crippen LogP contribution in [0.15, 0.2) is 24.7 Å². The monoisotopic (exact) mass is 300 g/mol. The molecule has 7 heteroatoms. The van der Waals surface area contributed by atoms with Gasteiger partial charge in [0.25, 0.3) is 5.91 Å². The number of aromatic nitrogens is 4. The molecule has 22 heavy (non-hydrogen) atoms. The van der Waals surface area contributed by atoms with Crippen LogP contribution in [-0.2, 0) is 13.5 Å². The summed E-state index contributed by atoms with van der Waals surface area (Å²) < 4.78 is 1.61. The number of nitrogens with zero attached hydrogens (tertiary/aromatic N) is 6. The number of aryl methyl sites for hydroxylation is 2. The van der Waals surface area contributed by atoms with Crippen LogP contribution in [0.4, 0.5) is 5.95 Å². The van der Waals surface area contributed by atoms with Crippen LogP contribution in [0.3, 0.4) is 0 Å². The molecule has 1 saturated heterocycles. The van der Waals surface area contributed by atoms with Crippen molar-refractivity contribution < 1.29 is 4.79 Å². The second-order valence-corrected chi connectivity index (χ2v) is 5.36. The summed E-state index contributed by atoms with van der Waals surface area (Å²) in [5, 5.41) is 4.05. The second kappa shape index (κ2) is 6.13. The Labute approximate surface area is 129 Å². The molecule has 0 unspecified atom stereocenters. The molecule has 0 aliphatic carbocycles. The molecule has 3 heterocycles. The van der Waals surface area contributed by atoms with Gasteiger partial charge in [-0.25, -0.2) is 9.97 Å². The standard InChI is InChI=1S/C15H20N6O/c1-3-12-10-16-15(17-11-12)21-8-6-20(7-9-21)14(22)13-4-5-18-19(13)2/h4-5,10-11H,3,6-9H2,1-2H3. The molecule has 0 N–H and O–H groups in total. The predicted octanol–water partition coefficient (Wildman–Crippen LogP) is 0.735. The van der Waals surface area contributed by atoms with Gasteiger partial charge in [0.15, 0.2) is 0 Å². The summed E-state index contributed by atoms with van der Waals surface area (Å²) in [6, 6.07) is 1.75. The minimum Gasteiger partial charge on any atom is -0.337 e. The van der Waals surface area contributed by atoms with Gasteiger partial charge >= 0.3 is 0 Å². The lowest BCUT2D eigenvalue weighted by atomic mass is 10.2. The molecule has 116 valence electrons. The average Bonchev–Trinajstić information content (AvgIpc) is 3.00. The largest absolute Gasteiger partial charge is 0.337 e. The van der Waals surface area contributed by atoms with Gasteiger partial charge in [0.2, 0.25) is 5.95 Å². The number of rotatable bonds is 3. The SMILES string of the molecule is CCc1cnc(N2CCN(C(=O)c3ccnn3C)CC2)nc1. The number of anilines is 1. The quantitative estimate of drug-likeness (QED) is 0.836. The maximum atomic E-state index is 12.4. The maximum absolute atomic E-state index is 12.4. The van der Waals surface area contributed by atoms with Crippen LogP contribution < -0.4 is 4.90 Å². The molecule has 0 atom stereocenters. The summed E-state index contributed by atoms with van der Waals surface area (Å²) in [7, 11) is 1.78. The Morgan fingerprint density at radius 1 is 1.18 bits per heavy atom. The lowest BCUT2D eigenvalue weighted by molar-refractivity contribution is 0.0735. The summed E-state index contributed by atoms with van der Waals surface area (Å²) in [5.41, 5.74) is 1.76. The Hall–Kier alpha value is -2.44. The van der Waals surface area contributed by atoms with E-state index in [1.165, 1.54) is 0 Å². The van der Waals surface area contributed by atoms with Crippen LogP contribution in [0.5, 0.6) is 0 Å². The van der Waals surface area contributed by atoms with Gasteiger partial charge in [0.05, 0.1) is 0 Å². The maximum Gasteiger partial charge on any atom is 0.272 e. The van der Waals surface area contributed by atoms with E-state index in [2.05, 4.69) is 26.9 Å². The van der Waals surface area contributed by atoms with E-state index in [1.807, 2.05) is 17.3 Å². The Balaban J connectivity index is 1.62. The molecular weight excluding hydrogens is 280 g/mol. The summed E-state index contributed by atoms with van der Waals surface area (Å²) in [6.45, 7) is 4.91. The summed E-state index contributed by atoms with van der Waals surface area (Å²) >= 11 is 0. The number of carbonyl (C=O) groups excluding carboxylic acids is 1. The van der Waals surface area contributed by atoms with Crippen LogP contribution >= 0.6 is 0 Å². The molecule has 7 nitrogen and oxygen atoms in total. The van der Waals surface area contributed by atoms with Gasteiger partial charge in [-0.1, -0.05) is 6.92 Å². The van der Waals surface area contributed by atoms with E-state index in [-0.39, 0.29) is 5.91 Å². The van der Waals surface area contributed by atoms with Crippen LogP contribution in [0.25, 0.3) is 0 Å². The van der Waals surface area contributed by atoms with E-state index in [1.54, 1.807) is 24.0 Å². The third-order valence-corrected chi connectivity index (χ3v) is 3.99. The highest BCUT2D eigenvalue weighted by Gasteiger charge is 2.24. The number of hydrogen-bond acceptors (Lipinski definition) is 5. The van der Waals surface area contributed by atoms with Crippen molar-refractivity contribution in [3.63, 3.8) is 0 Å². The van der Waals surface area contributed by atoms with Crippen molar-refractivity contribution in [3.8, 4) is 0 Å². The lowest BCUT2D eigenvalue weighted by Gasteiger charge is -2.34. The van der Waals surface area contributed by atoms with E-state index < -0.39 is 0 Å². The summed E-state index contributed by atoms with van der Waals surface area (Å²) in [4.78, 5) is 25.2. The van der Waals surface area contributed by atoms with E-state index >= 15 is 0 Å². The molecule has 1 amide bonds. The molecule has 1 aliphatic heterocycles. The van der Waals surface area contributed by atoms with Crippen molar-refractivity contribution in [1.29, 1.82) is 0 Å². The normalized spacial score (nSPS) is 15.2. The highest BCUT2D eigenvalue weighted by Crippen LogP contribution is 2.13. The fourth-order valence-corrected chi connectivity index (χ4v) is 2.55. The van der Waals surface area contributed by atoms with Gasteiger partial charge in [0.1, 0.15) is 5.69 Å².